The van der Waals surface area contributed by atoms with Gasteiger partial charge in [-0.05, 0) is 48.2 Å². The van der Waals surface area contributed by atoms with Gasteiger partial charge in [-0.3, -0.25) is 0 Å². The average molecular weight is 362 g/mol. The molecule has 0 bridgehead atoms. The van der Waals surface area contributed by atoms with E-state index >= 15 is 0 Å². The molecule has 6 heteroatoms. The van der Waals surface area contributed by atoms with Gasteiger partial charge in [-0.15, -0.1) is 0 Å². The summed E-state index contributed by atoms with van der Waals surface area (Å²) in [4.78, 5) is 0. The van der Waals surface area contributed by atoms with E-state index in [-0.39, 0.29) is 0 Å². The van der Waals surface area contributed by atoms with E-state index in [0.29, 0.717) is 47.0 Å². The molecule has 0 spiro atoms. The Bertz CT molecular complexity index is 654. The van der Waals surface area contributed by atoms with E-state index in [0.717, 1.165) is 0 Å². The molecule has 142 valence electrons. The Kier molecular flexibility index (Phi) is 7.12. The second-order valence-electron chi connectivity index (χ2n) is 5.84. The number of ether oxygens (including phenoxy) is 4. The van der Waals surface area contributed by atoms with Crippen LogP contribution in [0.5, 0.6) is 23.0 Å². The molecule has 2 N–H and O–H groups in total. The first-order chi connectivity index (χ1) is 12.5. The zero-order chi connectivity index (χ0) is 19.1. The van der Waals surface area contributed by atoms with Gasteiger partial charge in [0.15, 0.2) is 23.0 Å². The first-order valence-corrected chi connectivity index (χ1v) is 8.34. The van der Waals surface area contributed by atoms with Gasteiger partial charge in [-0.1, -0.05) is 12.1 Å². The molecule has 2 unspecified atom stereocenters. The molecule has 0 amide bonds. The minimum Gasteiger partial charge on any atom is -0.493 e. The van der Waals surface area contributed by atoms with Crippen LogP contribution in [0.2, 0.25) is 0 Å². The van der Waals surface area contributed by atoms with E-state index in [1.807, 2.05) is 0 Å². The van der Waals surface area contributed by atoms with Gasteiger partial charge < -0.3 is 29.2 Å². The van der Waals surface area contributed by atoms with Gasteiger partial charge in [0, 0.05) is 0 Å². The van der Waals surface area contributed by atoms with Crippen molar-refractivity contribution in [1.29, 1.82) is 0 Å². The Morgan fingerprint density at radius 1 is 0.615 bits per heavy atom. The number of aliphatic hydroxyl groups excluding tert-OH is 2. The molecule has 0 aliphatic carbocycles. The summed E-state index contributed by atoms with van der Waals surface area (Å²) >= 11 is 0. The molecule has 2 aromatic carbocycles. The minimum absolute atomic E-state index is 0.394. The molecule has 2 rings (SSSR count). The Labute approximate surface area is 153 Å². The van der Waals surface area contributed by atoms with Crippen molar-refractivity contribution in [2.75, 3.05) is 28.4 Å². The number of aliphatic hydroxyl groups is 2. The normalized spacial score (nSPS) is 13.0. The Morgan fingerprint density at radius 3 is 1.27 bits per heavy atom. The van der Waals surface area contributed by atoms with E-state index < -0.39 is 12.2 Å². The van der Waals surface area contributed by atoms with Crippen molar-refractivity contribution in [1.82, 2.24) is 0 Å². The first kappa shape index (κ1) is 19.9. The molecule has 0 aliphatic heterocycles. The van der Waals surface area contributed by atoms with Gasteiger partial charge in [-0.2, -0.15) is 0 Å². The molecule has 0 fully saturated rings. The summed E-state index contributed by atoms with van der Waals surface area (Å²) in [7, 11) is 6.23. The second-order valence-corrected chi connectivity index (χ2v) is 5.84. The fourth-order valence-electron chi connectivity index (χ4n) is 2.77. The quantitative estimate of drug-likeness (QED) is 0.713. The van der Waals surface area contributed by atoms with Crippen molar-refractivity contribution in [3.8, 4) is 23.0 Å². The maximum atomic E-state index is 10.4. The van der Waals surface area contributed by atoms with E-state index in [1.54, 1.807) is 64.8 Å². The highest BCUT2D eigenvalue weighted by Gasteiger charge is 2.16. The van der Waals surface area contributed by atoms with Crippen LogP contribution in [0.25, 0.3) is 0 Å². The zero-order valence-corrected chi connectivity index (χ0v) is 15.6. The Hall–Kier alpha value is -2.44. The first-order valence-electron chi connectivity index (χ1n) is 8.34. The average Bonchev–Trinajstić information content (AvgIpc) is 2.70. The number of hydrogen-bond acceptors (Lipinski definition) is 6. The fraction of sp³-hybridized carbons (Fsp3) is 0.400. The van der Waals surface area contributed by atoms with Crippen LogP contribution in [0.4, 0.5) is 0 Å². The third-order valence-corrected chi connectivity index (χ3v) is 4.30. The predicted molar refractivity (Wildman–Crippen MR) is 98.2 cm³/mol. The van der Waals surface area contributed by atoms with Crippen LogP contribution in [0.3, 0.4) is 0 Å². The van der Waals surface area contributed by atoms with Crippen LogP contribution in [0, 0.1) is 0 Å². The number of methoxy groups -OCH3 is 4. The smallest absolute Gasteiger partial charge is 0.161 e. The van der Waals surface area contributed by atoms with Crippen molar-refractivity contribution in [2.24, 2.45) is 0 Å². The SMILES string of the molecule is COc1ccc(C(O)CCC(O)c2ccc(OC)c(OC)c2)cc1OC. The van der Waals surface area contributed by atoms with Crippen molar-refractivity contribution in [3.63, 3.8) is 0 Å². The zero-order valence-electron chi connectivity index (χ0n) is 15.6. The lowest BCUT2D eigenvalue weighted by Crippen LogP contribution is -2.04. The van der Waals surface area contributed by atoms with Gasteiger partial charge in [-0.25, -0.2) is 0 Å². The summed E-state index contributed by atoms with van der Waals surface area (Å²) in [5.41, 5.74) is 1.42. The lowest BCUT2D eigenvalue weighted by Gasteiger charge is -2.17. The molecule has 0 saturated carbocycles. The number of hydrogen-bond donors (Lipinski definition) is 2. The van der Waals surface area contributed by atoms with E-state index in [1.165, 1.54) is 0 Å². The summed E-state index contributed by atoms with van der Waals surface area (Å²) < 4.78 is 20.9. The largest absolute Gasteiger partial charge is 0.493 e. The summed E-state index contributed by atoms with van der Waals surface area (Å²) in [6.07, 6.45) is -0.648. The molecule has 0 saturated heterocycles. The van der Waals surface area contributed by atoms with Crippen molar-refractivity contribution in [3.05, 3.63) is 47.5 Å². The summed E-state index contributed by atoms with van der Waals surface area (Å²) in [5, 5.41) is 20.9. The van der Waals surface area contributed by atoms with Crippen LogP contribution < -0.4 is 18.9 Å². The third kappa shape index (κ3) is 4.59. The molecule has 0 heterocycles. The van der Waals surface area contributed by atoms with Crippen molar-refractivity contribution < 1.29 is 29.2 Å². The van der Waals surface area contributed by atoms with Gasteiger partial charge in [0.1, 0.15) is 0 Å². The minimum atomic E-state index is -0.718. The lowest BCUT2D eigenvalue weighted by atomic mass is 9.98. The van der Waals surface area contributed by atoms with Crippen molar-refractivity contribution in [2.45, 2.75) is 25.0 Å². The molecule has 0 radical (unpaired) electrons. The van der Waals surface area contributed by atoms with Crippen molar-refractivity contribution >= 4 is 0 Å². The van der Waals surface area contributed by atoms with Crippen LogP contribution in [-0.2, 0) is 0 Å². The number of benzene rings is 2. The van der Waals surface area contributed by atoms with Crippen LogP contribution in [0.1, 0.15) is 36.2 Å². The monoisotopic (exact) mass is 362 g/mol. The predicted octanol–water partition coefficient (Wildman–Crippen LogP) is 3.27. The molecule has 0 aromatic heterocycles. The van der Waals surface area contributed by atoms with Gasteiger partial charge in [0.2, 0.25) is 0 Å². The number of rotatable bonds is 9. The fourth-order valence-corrected chi connectivity index (χ4v) is 2.77. The van der Waals surface area contributed by atoms with E-state index in [2.05, 4.69) is 0 Å². The Morgan fingerprint density at radius 2 is 0.962 bits per heavy atom. The highest BCUT2D eigenvalue weighted by Crippen LogP contribution is 2.34. The van der Waals surface area contributed by atoms with Gasteiger partial charge in [0.25, 0.3) is 0 Å². The highest BCUT2D eigenvalue weighted by molar-refractivity contribution is 5.44. The van der Waals surface area contributed by atoms with E-state index in [9.17, 15) is 10.2 Å². The maximum absolute atomic E-state index is 10.4. The molecule has 26 heavy (non-hydrogen) atoms. The molecule has 0 aliphatic rings. The van der Waals surface area contributed by atoms with E-state index in [4.69, 9.17) is 18.9 Å². The van der Waals surface area contributed by atoms with Crippen LogP contribution >= 0.6 is 0 Å². The third-order valence-electron chi connectivity index (χ3n) is 4.30. The summed E-state index contributed by atoms with van der Waals surface area (Å²) in [5.74, 6) is 2.33. The highest BCUT2D eigenvalue weighted by atomic mass is 16.5. The molecule has 6 nitrogen and oxygen atoms in total. The summed E-state index contributed by atoms with van der Waals surface area (Å²) in [6.45, 7) is 0. The topological polar surface area (TPSA) is 77.4 Å². The van der Waals surface area contributed by atoms with Gasteiger partial charge >= 0.3 is 0 Å². The molecular formula is C20H26O6. The Balaban J connectivity index is 2.03. The maximum Gasteiger partial charge on any atom is 0.161 e. The lowest BCUT2D eigenvalue weighted by molar-refractivity contribution is 0.114. The van der Waals surface area contributed by atoms with Crippen LogP contribution in [-0.4, -0.2) is 38.7 Å². The molecular weight excluding hydrogens is 336 g/mol. The standard InChI is InChI=1S/C20H26O6/c1-23-17-9-5-13(11-19(17)25-3)15(21)7-8-16(22)14-6-10-18(24-2)20(12-14)26-4/h5-6,9-12,15-16,21-22H,7-8H2,1-4H3. The van der Waals surface area contributed by atoms with Gasteiger partial charge in [0.05, 0.1) is 40.6 Å². The van der Waals surface area contributed by atoms with Crippen LogP contribution in [0.15, 0.2) is 36.4 Å². The summed E-state index contributed by atoms with van der Waals surface area (Å²) in [6, 6.07) is 10.6. The molecule has 2 atom stereocenters. The molecule has 2 aromatic rings. The second kappa shape index (κ2) is 9.31.